The highest BCUT2D eigenvalue weighted by molar-refractivity contribution is 9.10. The maximum absolute atomic E-state index is 12.8. The normalized spacial score (nSPS) is 11.7. The highest BCUT2D eigenvalue weighted by Gasteiger charge is 2.26. The Kier molecular flexibility index (Phi) is 5.38. The van der Waals surface area contributed by atoms with Crippen LogP contribution in [-0.4, -0.2) is 34.0 Å². The molecule has 0 N–H and O–H groups in total. The Morgan fingerprint density at radius 3 is 2.30 bits per heavy atom. The van der Waals surface area contributed by atoms with Crippen molar-refractivity contribution < 1.29 is 22.3 Å². The predicted molar refractivity (Wildman–Crippen MR) is 89.3 cm³/mol. The van der Waals surface area contributed by atoms with Crippen molar-refractivity contribution in [3.63, 3.8) is 0 Å². The smallest absolute Gasteiger partial charge is 0.244 e. The summed E-state index contributed by atoms with van der Waals surface area (Å²) in [6.07, 6.45) is 0. The number of furan rings is 1. The Labute approximate surface area is 144 Å². The van der Waals surface area contributed by atoms with Crippen LogP contribution in [0.15, 0.2) is 38.1 Å². The van der Waals surface area contributed by atoms with E-state index in [-0.39, 0.29) is 11.4 Å². The van der Waals surface area contributed by atoms with Crippen molar-refractivity contribution >= 4 is 26.0 Å². The van der Waals surface area contributed by atoms with Gasteiger partial charge in [0.15, 0.2) is 11.5 Å². The summed E-state index contributed by atoms with van der Waals surface area (Å²) in [5, 5.41) is 0. The second kappa shape index (κ2) is 6.94. The lowest BCUT2D eigenvalue weighted by molar-refractivity contribution is 0.353. The number of benzene rings is 1. The van der Waals surface area contributed by atoms with E-state index in [0.29, 0.717) is 21.7 Å². The molecule has 0 radical (unpaired) electrons. The van der Waals surface area contributed by atoms with Crippen LogP contribution in [0.3, 0.4) is 0 Å². The van der Waals surface area contributed by atoms with Gasteiger partial charge in [0.25, 0.3) is 0 Å². The summed E-state index contributed by atoms with van der Waals surface area (Å²) in [6, 6.07) is 6.55. The lowest BCUT2D eigenvalue weighted by Gasteiger charge is -2.18. The first-order valence-electron chi connectivity index (χ1n) is 6.72. The fourth-order valence-corrected chi connectivity index (χ4v) is 4.21. The standard InChI is InChI=1S/C15H18BrNO5S/c1-10-5-6-11(22-10)9-17(2)23(18,19)15-8-14(21-4)13(20-3)7-12(15)16/h5-8H,9H2,1-4H3. The van der Waals surface area contributed by atoms with Crippen LogP contribution in [0.4, 0.5) is 0 Å². The lowest BCUT2D eigenvalue weighted by atomic mass is 10.3. The van der Waals surface area contributed by atoms with Crippen LogP contribution in [0, 0.1) is 6.92 Å². The minimum atomic E-state index is -3.73. The Balaban J connectivity index is 2.38. The van der Waals surface area contributed by atoms with E-state index in [2.05, 4.69) is 15.9 Å². The molecule has 2 rings (SSSR count). The Bertz CT molecular complexity index is 800. The Morgan fingerprint density at radius 2 is 1.78 bits per heavy atom. The van der Waals surface area contributed by atoms with Crippen molar-refractivity contribution in [3.8, 4) is 11.5 Å². The summed E-state index contributed by atoms with van der Waals surface area (Å²) in [7, 11) is 0.717. The van der Waals surface area contributed by atoms with Crippen LogP contribution in [0.1, 0.15) is 11.5 Å². The highest BCUT2D eigenvalue weighted by atomic mass is 79.9. The average molecular weight is 404 g/mol. The Morgan fingerprint density at radius 1 is 1.17 bits per heavy atom. The summed E-state index contributed by atoms with van der Waals surface area (Å²) in [4.78, 5) is 0.0981. The molecule has 0 saturated heterocycles. The molecule has 1 heterocycles. The zero-order valence-electron chi connectivity index (χ0n) is 13.3. The quantitative estimate of drug-likeness (QED) is 0.740. The molecule has 1 aromatic heterocycles. The molecule has 0 saturated carbocycles. The van der Waals surface area contributed by atoms with Crippen LogP contribution in [0.25, 0.3) is 0 Å². The second-order valence-electron chi connectivity index (χ2n) is 4.91. The zero-order valence-corrected chi connectivity index (χ0v) is 15.7. The molecule has 0 atom stereocenters. The van der Waals surface area contributed by atoms with Gasteiger partial charge in [-0.1, -0.05) is 0 Å². The molecular formula is C15H18BrNO5S. The molecule has 0 fully saturated rings. The molecule has 0 aliphatic carbocycles. The van der Waals surface area contributed by atoms with Crippen molar-refractivity contribution in [2.45, 2.75) is 18.4 Å². The van der Waals surface area contributed by atoms with E-state index < -0.39 is 10.0 Å². The Hall–Kier alpha value is -1.51. The minimum absolute atomic E-state index is 0.0981. The van der Waals surface area contributed by atoms with E-state index in [1.54, 1.807) is 18.2 Å². The van der Waals surface area contributed by atoms with E-state index in [9.17, 15) is 8.42 Å². The van der Waals surface area contributed by atoms with Crippen LogP contribution in [-0.2, 0) is 16.6 Å². The first-order chi connectivity index (χ1) is 10.8. The fourth-order valence-electron chi connectivity index (χ4n) is 2.08. The zero-order chi connectivity index (χ0) is 17.2. The van der Waals surface area contributed by atoms with Gasteiger partial charge in [0, 0.05) is 17.6 Å². The average Bonchev–Trinajstić information content (AvgIpc) is 2.91. The molecule has 6 nitrogen and oxygen atoms in total. The van der Waals surface area contributed by atoms with Crippen LogP contribution in [0.5, 0.6) is 11.5 Å². The molecule has 0 bridgehead atoms. The van der Waals surface area contributed by atoms with Gasteiger partial charge < -0.3 is 13.9 Å². The van der Waals surface area contributed by atoms with Crippen molar-refractivity contribution in [1.82, 2.24) is 4.31 Å². The molecule has 0 unspecified atom stereocenters. The number of aryl methyl sites for hydroxylation is 1. The van der Waals surface area contributed by atoms with Gasteiger partial charge in [-0.05, 0) is 41.1 Å². The summed E-state index contributed by atoms with van der Waals surface area (Å²) < 4.78 is 43.0. The van der Waals surface area contributed by atoms with E-state index in [1.165, 1.54) is 31.6 Å². The third-order valence-corrected chi connectivity index (χ3v) is 6.06. The highest BCUT2D eigenvalue weighted by Crippen LogP contribution is 2.36. The second-order valence-corrected chi connectivity index (χ2v) is 7.78. The SMILES string of the molecule is COc1cc(Br)c(S(=O)(=O)N(C)Cc2ccc(C)o2)cc1OC. The van der Waals surface area contributed by atoms with E-state index in [0.717, 1.165) is 5.76 Å². The van der Waals surface area contributed by atoms with Crippen LogP contribution in [0.2, 0.25) is 0 Å². The van der Waals surface area contributed by atoms with Gasteiger partial charge in [0.1, 0.15) is 16.4 Å². The minimum Gasteiger partial charge on any atom is -0.493 e. The van der Waals surface area contributed by atoms with E-state index >= 15 is 0 Å². The van der Waals surface area contributed by atoms with Crippen LogP contribution >= 0.6 is 15.9 Å². The van der Waals surface area contributed by atoms with Gasteiger partial charge in [-0.2, -0.15) is 4.31 Å². The summed E-state index contributed by atoms with van der Waals surface area (Å²) >= 11 is 3.28. The molecule has 23 heavy (non-hydrogen) atoms. The lowest BCUT2D eigenvalue weighted by Crippen LogP contribution is -2.26. The molecule has 2 aromatic rings. The molecular weight excluding hydrogens is 386 g/mol. The van der Waals surface area contributed by atoms with Gasteiger partial charge >= 0.3 is 0 Å². The van der Waals surface area contributed by atoms with Crippen molar-refractivity contribution in [2.75, 3.05) is 21.3 Å². The number of ether oxygens (including phenoxy) is 2. The van der Waals surface area contributed by atoms with Gasteiger partial charge in [-0.25, -0.2) is 8.42 Å². The van der Waals surface area contributed by atoms with Crippen molar-refractivity contribution in [1.29, 1.82) is 0 Å². The van der Waals surface area contributed by atoms with Gasteiger partial charge in [0.05, 0.1) is 20.8 Å². The topological polar surface area (TPSA) is 69.0 Å². The van der Waals surface area contributed by atoms with Crippen molar-refractivity contribution in [3.05, 3.63) is 40.3 Å². The van der Waals surface area contributed by atoms with Gasteiger partial charge in [-0.15, -0.1) is 0 Å². The monoisotopic (exact) mass is 403 g/mol. The van der Waals surface area contributed by atoms with Crippen molar-refractivity contribution in [2.24, 2.45) is 0 Å². The first-order valence-corrected chi connectivity index (χ1v) is 8.96. The predicted octanol–water partition coefficient (Wildman–Crippen LogP) is 3.19. The molecule has 0 aliphatic heterocycles. The fraction of sp³-hybridized carbons (Fsp3) is 0.333. The van der Waals surface area contributed by atoms with Gasteiger partial charge in [0.2, 0.25) is 10.0 Å². The van der Waals surface area contributed by atoms with Crippen LogP contribution < -0.4 is 9.47 Å². The number of nitrogens with zero attached hydrogens (tertiary/aromatic N) is 1. The third-order valence-electron chi connectivity index (χ3n) is 3.30. The molecule has 8 heteroatoms. The molecule has 0 spiro atoms. The number of hydrogen-bond donors (Lipinski definition) is 0. The summed E-state index contributed by atoms with van der Waals surface area (Å²) in [5.74, 6) is 2.10. The number of hydrogen-bond acceptors (Lipinski definition) is 5. The first kappa shape index (κ1) is 17.8. The maximum atomic E-state index is 12.8. The molecule has 126 valence electrons. The molecule has 1 aromatic carbocycles. The largest absolute Gasteiger partial charge is 0.493 e. The maximum Gasteiger partial charge on any atom is 0.244 e. The van der Waals surface area contributed by atoms with E-state index in [1.807, 2.05) is 6.92 Å². The number of methoxy groups -OCH3 is 2. The number of sulfonamides is 1. The molecule has 0 amide bonds. The number of rotatable bonds is 6. The van der Waals surface area contributed by atoms with Gasteiger partial charge in [-0.3, -0.25) is 0 Å². The third kappa shape index (κ3) is 3.70. The summed E-state index contributed by atoms with van der Waals surface area (Å²) in [5.41, 5.74) is 0. The molecule has 0 aliphatic rings. The summed E-state index contributed by atoms with van der Waals surface area (Å²) in [6.45, 7) is 1.94. The van der Waals surface area contributed by atoms with E-state index in [4.69, 9.17) is 13.9 Å². The number of halogens is 1.